The van der Waals surface area contributed by atoms with Gasteiger partial charge in [0.15, 0.2) is 5.11 Å². The highest BCUT2D eigenvalue weighted by Gasteiger charge is 2.04. The first-order valence-electron chi connectivity index (χ1n) is 5.00. The molecular formula is C11H15N3O2S. The Kier molecular flexibility index (Phi) is 4.71. The van der Waals surface area contributed by atoms with Gasteiger partial charge in [0.2, 0.25) is 0 Å². The van der Waals surface area contributed by atoms with E-state index in [-0.39, 0.29) is 12.5 Å². The predicted molar refractivity (Wildman–Crippen MR) is 71.8 cm³/mol. The van der Waals surface area contributed by atoms with Crippen LogP contribution in [0.1, 0.15) is 5.56 Å². The van der Waals surface area contributed by atoms with Crippen LogP contribution in [0.4, 0.5) is 11.4 Å². The molecule has 0 unspecified atom stereocenters. The van der Waals surface area contributed by atoms with Crippen molar-refractivity contribution >= 4 is 34.7 Å². The van der Waals surface area contributed by atoms with Crippen molar-refractivity contribution in [1.29, 1.82) is 0 Å². The highest BCUT2D eigenvalue weighted by atomic mass is 32.1. The number of benzene rings is 1. The van der Waals surface area contributed by atoms with Gasteiger partial charge in [0.1, 0.15) is 6.54 Å². The largest absolute Gasteiger partial charge is 0.468 e. The van der Waals surface area contributed by atoms with Crippen molar-refractivity contribution in [3.8, 4) is 0 Å². The zero-order valence-corrected chi connectivity index (χ0v) is 10.6. The number of rotatable bonds is 3. The van der Waals surface area contributed by atoms with Crippen LogP contribution in [0, 0.1) is 6.92 Å². The van der Waals surface area contributed by atoms with E-state index in [1.807, 2.05) is 25.1 Å². The lowest BCUT2D eigenvalue weighted by Gasteiger charge is -2.11. The quantitative estimate of drug-likeness (QED) is 0.424. The Morgan fingerprint density at radius 2 is 2.24 bits per heavy atom. The maximum absolute atomic E-state index is 10.9. The standard InChI is InChI=1S/C11H15N3O2S/c1-7-3-4-9(8(12)5-7)14-11(17)13-6-10(15)16-2/h3-5H,6,12H2,1-2H3,(H2,13,14,17). The number of esters is 1. The summed E-state index contributed by atoms with van der Waals surface area (Å²) in [5.74, 6) is -0.383. The number of thiocarbonyl (C=S) groups is 1. The average Bonchev–Trinajstić information content (AvgIpc) is 2.29. The van der Waals surface area contributed by atoms with Gasteiger partial charge >= 0.3 is 5.97 Å². The molecule has 0 saturated carbocycles. The number of hydrogen-bond donors (Lipinski definition) is 3. The van der Waals surface area contributed by atoms with Crippen molar-refractivity contribution < 1.29 is 9.53 Å². The second-order valence-corrected chi connectivity index (χ2v) is 3.88. The number of carbonyl (C=O) groups is 1. The molecule has 0 radical (unpaired) electrons. The third-order valence-corrected chi connectivity index (χ3v) is 2.32. The fourth-order valence-corrected chi connectivity index (χ4v) is 1.37. The van der Waals surface area contributed by atoms with Crippen LogP contribution in [0.25, 0.3) is 0 Å². The van der Waals surface area contributed by atoms with Gasteiger partial charge in [0, 0.05) is 0 Å². The third-order valence-electron chi connectivity index (χ3n) is 2.08. The van der Waals surface area contributed by atoms with E-state index >= 15 is 0 Å². The fraction of sp³-hybridized carbons (Fsp3) is 0.273. The van der Waals surface area contributed by atoms with Crippen LogP contribution in [-0.2, 0) is 9.53 Å². The van der Waals surface area contributed by atoms with Crippen molar-refractivity contribution in [1.82, 2.24) is 5.32 Å². The summed E-state index contributed by atoms with van der Waals surface area (Å²) >= 11 is 5.01. The van der Waals surface area contributed by atoms with Crippen LogP contribution in [0.5, 0.6) is 0 Å². The van der Waals surface area contributed by atoms with E-state index in [2.05, 4.69) is 15.4 Å². The minimum absolute atomic E-state index is 0.0219. The Morgan fingerprint density at radius 1 is 1.53 bits per heavy atom. The van der Waals surface area contributed by atoms with Crippen molar-refractivity contribution in [3.05, 3.63) is 23.8 Å². The van der Waals surface area contributed by atoms with Gasteiger partial charge in [0.25, 0.3) is 0 Å². The molecule has 0 aliphatic heterocycles. The van der Waals surface area contributed by atoms with Crippen molar-refractivity contribution in [2.75, 3.05) is 24.7 Å². The molecule has 0 aliphatic carbocycles. The maximum atomic E-state index is 10.9. The molecule has 92 valence electrons. The monoisotopic (exact) mass is 253 g/mol. The van der Waals surface area contributed by atoms with Crippen LogP contribution in [0.2, 0.25) is 0 Å². The van der Waals surface area contributed by atoms with Gasteiger partial charge < -0.3 is 21.1 Å². The van der Waals surface area contributed by atoms with Gasteiger partial charge in [-0.1, -0.05) is 6.07 Å². The van der Waals surface area contributed by atoms with Crippen LogP contribution in [-0.4, -0.2) is 24.7 Å². The summed E-state index contributed by atoms with van der Waals surface area (Å²) in [5, 5.41) is 5.94. The predicted octanol–water partition coefficient (Wildman–Crippen LogP) is 1.04. The van der Waals surface area contributed by atoms with Crippen molar-refractivity contribution in [3.63, 3.8) is 0 Å². The van der Waals surface area contributed by atoms with E-state index in [1.165, 1.54) is 7.11 Å². The summed E-state index contributed by atoms with van der Waals surface area (Å²) in [6.45, 7) is 1.97. The summed E-state index contributed by atoms with van der Waals surface area (Å²) in [6.07, 6.45) is 0. The Morgan fingerprint density at radius 3 is 2.82 bits per heavy atom. The summed E-state index contributed by atoms with van der Waals surface area (Å²) in [5.41, 5.74) is 8.19. The molecule has 5 nitrogen and oxygen atoms in total. The number of anilines is 2. The molecule has 0 saturated heterocycles. The molecule has 0 fully saturated rings. The zero-order valence-electron chi connectivity index (χ0n) is 9.74. The zero-order chi connectivity index (χ0) is 12.8. The molecule has 6 heteroatoms. The summed E-state index contributed by atoms with van der Waals surface area (Å²) in [4.78, 5) is 10.9. The van der Waals surface area contributed by atoms with Gasteiger partial charge in [-0.05, 0) is 36.8 Å². The van der Waals surface area contributed by atoms with Gasteiger partial charge in [-0.25, -0.2) is 0 Å². The number of methoxy groups -OCH3 is 1. The molecule has 0 aliphatic rings. The number of ether oxygens (including phenoxy) is 1. The Hall–Kier alpha value is -1.82. The molecule has 0 spiro atoms. The van der Waals surface area contributed by atoms with Gasteiger partial charge in [0.05, 0.1) is 18.5 Å². The molecule has 1 rings (SSSR count). The molecule has 0 atom stereocenters. The minimum atomic E-state index is -0.383. The smallest absolute Gasteiger partial charge is 0.325 e. The molecule has 1 aromatic rings. The lowest BCUT2D eigenvalue weighted by atomic mass is 10.2. The molecule has 0 bridgehead atoms. The number of nitrogen functional groups attached to an aromatic ring is 1. The third kappa shape index (κ3) is 4.28. The van der Waals surface area contributed by atoms with Gasteiger partial charge in [-0.15, -0.1) is 0 Å². The highest BCUT2D eigenvalue weighted by Crippen LogP contribution is 2.18. The molecule has 0 aromatic heterocycles. The lowest BCUT2D eigenvalue weighted by molar-refractivity contribution is -0.139. The van der Waals surface area contributed by atoms with E-state index in [0.29, 0.717) is 16.5 Å². The number of aryl methyl sites for hydroxylation is 1. The normalized spacial score (nSPS) is 9.53. The van der Waals surface area contributed by atoms with Crippen LogP contribution >= 0.6 is 12.2 Å². The molecule has 0 heterocycles. The number of nitrogens with two attached hydrogens (primary N) is 1. The lowest BCUT2D eigenvalue weighted by Crippen LogP contribution is -2.33. The first kappa shape index (κ1) is 13.2. The fourth-order valence-electron chi connectivity index (χ4n) is 1.19. The molecule has 4 N–H and O–H groups in total. The second-order valence-electron chi connectivity index (χ2n) is 3.47. The summed E-state index contributed by atoms with van der Waals surface area (Å²) < 4.78 is 4.48. The number of carbonyl (C=O) groups excluding carboxylic acids is 1. The second kappa shape index (κ2) is 6.05. The highest BCUT2D eigenvalue weighted by molar-refractivity contribution is 7.80. The molecular weight excluding hydrogens is 238 g/mol. The van der Waals surface area contributed by atoms with Crippen molar-refractivity contribution in [2.45, 2.75) is 6.92 Å². The molecule has 0 amide bonds. The first-order valence-corrected chi connectivity index (χ1v) is 5.41. The van der Waals surface area contributed by atoms with Crippen LogP contribution < -0.4 is 16.4 Å². The van der Waals surface area contributed by atoms with E-state index < -0.39 is 0 Å². The Labute approximate surface area is 105 Å². The Balaban J connectivity index is 2.53. The maximum Gasteiger partial charge on any atom is 0.325 e. The van der Waals surface area contributed by atoms with Crippen LogP contribution in [0.3, 0.4) is 0 Å². The van der Waals surface area contributed by atoms with E-state index in [1.54, 1.807) is 0 Å². The topological polar surface area (TPSA) is 76.4 Å². The van der Waals surface area contributed by atoms with Gasteiger partial charge in [-0.3, -0.25) is 4.79 Å². The minimum Gasteiger partial charge on any atom is -0.468 e. The average molecular weight is 253 g/mol. The van der Waals surface area contributed by atoms with Crippen molar-refractivity contribution in [2.24, 2.45) is 0 Å². The van der Waals surface area contributed by atoms with E-state index in [0.717, 1.165) is 5.56 Å². The van der Waals surface area contributed by atoms with E-state index in [4.69, 9.17) is 18.0 Å². The van der Waals surface area contributed by atoms with Crippen LogP contribution in [0.15, 0.2) is 18.2 Å². The van der Waals surface area contributed by atoms with Gasteiger partial charge in [-0.2, -0.15) is 0 Å². The SMILES string of the molecule is COC(=O)CNC(=S)Nc1ccc(C)cc1N. The summed E-state index contributed by atoms with van der Waals surface area (Å²) in [7, 11) is 1.32. The molecule has 17 heavy (non-hydrogen) atoms. The van der Waals surface area contributed by atoms with E-state index in [9.17, 15) is 4.79 Å². The first-order chi connectivity index (χ1) is 8.02. The summed E-state index contributed by atoms with van der Waals surface area (Å²) in [6, 6.07) is 5.59. The number of nitrogens with one attached hydrogen (secondary N) is 2. The Bertz CT molecular complexity index is 435. The number of hydrogen-bond acceptors (Lipinski definition) is 4. The molecule has 1 aromatic carbocycles.